The second-order valence-corrected chi connectivity index (χ2v) is 4.93. The maximum atomic E-state index is 11.5. The maximum Gasteiger partial charge on any atom is 0.325 e. The highest BCUT2D eigenvalue weighted by molar-refractivity contribution is 5.76. The largest absolute Gasteiger partial charge is 0.493 e. The fourth-order valence-corrected chi connectivity index (χ4v) is 2.43. The summed E-state index contributed by atoms with van der Waals surface area (Å²) in [5, 5.41) is 12.5. The van der Waals surface area contributed by atoms with E-state index in [2.05, 4.69) is 5.32 Å². The molecule has 0 bridgehead atoms. The Morgan fingerprint density at radius 2 is 2.19 bits per heavy atom. The molecular formula is C15H21NO5. The van der Waals surface area contributed by atoms with E-state index in [4.69, 9.17) is 14.2 Å². The third-order valence-corrected chi connectivity index (χ3v) is 3.56. The van der Waals surface area contributed by atoms with Gasteiger partial charge in [-0.05, 0) is 30.5 Å². The molecule has 21 heavy (non-hydrogen) atoms. The van der Waals surface area contributed by atoms with Gasteiger partial charge in [0.25, 0.3) is 0 Å². The first kappa shape index (κ1) is 15.6. The van der Waals surface area contributed by atoms with Crippen molar-refractivity contribution < 1.29 is 24.1 Å². The zero-order valence-electron chi connectivity index (χ0n) is 12.3. The smallest absolute Gasteiger partial charge is 0.325 e. The van der Waals surface area contributed by atoms with Crippen molar-refractivity contribution in [2.24, 2.45) is 0 Å². The number of hydrogen-bond donors (Lipinski definition) is 2. The van der Waals surface area contributed by atoms with Crippen LogP contribution < -0.4 is 14.8 Å². The summed E-state index contributed by atoms with van der Waals surface area (Å²) in [4.78, 5) is 11.5. The SMILES string of the molecule is COc1ccc(C(NCC2CCCO2)C(=O)O)cc1OC. The lowest BCUT2D eigenvalue weighted by Gasteiger charge is -2.19. The summed E-state index contributed by atoms with van der Waals surface area (Å²) in [7, 11) is 3.07. The molecular weight excluding hydrogens is 274 g/mol. The van der Waals surface area contributed by atoms with Crippen LogP contribution in [-0.2, 0) is 9.53 Å². The highest BCUT2D eigenvalue weighted by atomic mass is 16.5. The number of ether oxygens (including phenoxy) is 3. The molecule has 1 saturated heterocycles. The van der Waals surface area contributed by atoms with Gasteiger partial charge in [0.2, 0.25) is 0 Å². The topological polar surface area (TPSA) is 77.0 Å². The van der Waals surface area contributed by atoms with E-state index in [1.165, 1.54) is 7.11 Å². The van der Waals surface area contributed by atoms with E-state index in [-0.39, 0.29) is 6.10 Å². The number of methoxy groups -OCH3 is 2. The van der Waals surface area contributed by atoms with Crippen LogP contribution in [0.25, 0.3) is 0 Å². The lowest BCUT2D eigenvalue weighted by Crippen LogP contribution is -2.34. The van der Waals surface area contributed by atoms with E-state index in [9.17, 15) is 9.90 Å². The van der Waals surface area contributed by atoms with E-state index in [0.29, 0.717) is 23.6 Å². The number of aliphatic carboxylic acids is 1. The number of rotatable bonds is 7. The van der Waals surface area contributed by atoms with Gasteiger partial charge in [-0.1, -0.05) is 6.07 Å². The van der Waals surface area contributed by atoms with Crippen molar-refractivity contribution in [1.29, 1.82) is 0 Å². The highest BCUT2D eigenvalue weighted by Crippen LogP contribution is 2.30. The van der Waals surface area contributed by atoms with Crippen molar-refractivity contribution in [2.45, 2.75) is 25.0 Å². The summed E-state index contributed by atoms with van der Waals surface area (Å²) < 4.78 is 15.9. The second-order valence-electron chi connectivity index (χ2n) is 4.93. The predicted molar refractivity (Wildman–Crippen MR) is 76.9 cm³/mol. The van der Waals surface area contributed by atoms with Crippen LogP contribution >= 0.6 is 0 Å². The average Bonchev–Trinajstić information content (AvgIpc) is 3.00. The molecule has 0 saturated carbocycles. The van der Waals surface area contributed by atoms with Crippen LogP contribution in [0, 0.1) is 0 Å². The van der Waals surface area contributed by atoms with Crippen LogP contribution in [0.1, 0.15) is 24.4 Å². The lowest BCUT2D eigenvalue weighted by molar-refractivity contribution is -0.139. The summed E-state index contributed by atoms with van der Waals surface area (Å²) in [6.07, 6.45) is 2.08. The summed E-state index contributed by atoms with van der Waals surface area (Å²) in [6, 6.07) is 4.31. The summed E-state index contributed by atoms with van der Waals surface area (Å²) >= 11 is 0. The number of carbonyl (C=O) groups is 1. The Labute approximate surface area is 124 Å². The Morgan fingerprint density at radius 1 is 1.43 bits per heavy atom. The molecule has 6 nitrogen and oxygen atoms in total. The van der Waals surface area contributed by atoms with Gasteiger partial charge in [-0.25, -0.2) is 0 Å². The number of hydrogen-bond acceptors (Lipinski definition) is 5. The molecule has 116 valence electrons. The summed E-state index contributed by atoms with van der Waals surface area (Å²) in [5.41, 5.74) is 0.623. The van der Waals surface area contributed by atoms with E-state index < -0.39 is 12.0 Å². The van der Waals surface area contributed by atoms with E-state index in [1.807, 2.05) is 0 Å². The first-order valence-corrected chi connectivity index (χ1v) is 6.95. The molecule has 0 aromatic heterocycles. The van der Waals surface area contributed by atoms with Gasteiger partial charge >= 0.3 is 5.97 Å². The Balaban J connectivity index is 2.11. The molecule has 0 amide bonds. The molecule has 0 spiro atoms. The summed E-state index contributed by atoms with van der Waals surface area (Å²) in [5.74, 6) is 0.157. The molecule has 2 atom stereocenters. The van der Waals surface area contributed by atoms with Crippen molar-refractivity contribution >= 4 is 5.97 Å². The van der Waals surface area contributed by atoms with Gasteiger partial charge in [-0.3, -0.25) is 10.1 Å². The van der Waals surface area contributed by atoms with Crippen molar-refractivity contribution in [3.8, 4) is 11.5 Å². The quantitative estimate of drug-likeness (QED) is 0.795. The number of benzene rings is 1. The molecule has 1 aromatic carbocycles. The van der Waals surface area contributed by atoms with Crippen molar-refractivity contribution in [3.63, 3.8) is 0 Å². The molecule has 0 aliphatic carbocycles. The average molecular weight is 295 g/mol. The number of carboxylic acid groups (broad SMARTS) is 1. The standard InChI is InChI=1S/C15H21NO5/c1-19-12-6-5-10(8-13(12)20-2)14(15(17)18)16-9-11-4-3-7-21-11/h5-6,8,11,14,16H,3-4,7,9H2,1-2H3,(H,17,18). The van der Waals surface area contributed by atoms with Crippen LogP contribution in [0.2, 0.25) is 0 Å². The minimum atomic E-state index is -0.930. The first-order chi connectivity index (χ1) is 10.2. The van der Waals surface area contributed by atoms with Crippen LogP contribution in [0.5, 0.6) is 11.5 Å². The highest BCUT2D eigenvalue weighted by Gasteiger charge is 2.23. The van der Waals surface area contributed by atoms with Crippen LogP contribution in [0.4, 0.5) is 0 Å². The fourth-order valence-electron chi connectivity index (χ4n) is 2.43. The molecule has 2 unspecified atom stereocenters. The minimum Gasteiger partial charge on any atom is -0.493 e. The van der Waals surface area contributed by atoms with Gasteiger partial charge in [0.1, 0.15) is 6.04 Å². The molecule has 1 aliphatic rings. The summed E-state index contributed by atoms with van der Waals surface area (Å²) in [6.45, 7) is 1.27. The van der Waals surface area contributed by atoms with E-state index >= 15 is 0 Å². The van der Waals surface area contributed by atoms with Gasteiger partial charge in [0, 0.05) is 13.2 Å². The van der Waals surface area contributed by atoms with Crippen molar-refractivity contribution in [1.82, 2.24) is 5.32 Å². The Morgan fingerprint density at radius 3 is 2.76 bits per heavy atom. The van der Waals surface area contributed by atoms with Crippen LogP contribution in [0.3, 0.4) is 0 Å². The third-order valence-electron chi connectivity index (χ3n) is 3.56. The number of nitrogens with one attached hydrogen (secondary N) is 1. The predicted octanol–water partition coefficient (Wildman–Crippen LogP) is 1.60. The van der Waals surface area contributed by atoms with Gasteiger partial charge < -0.3 is 19.3 Å². The number of carboxylic acids is 1. The Hall–Kier alpha value is -1.79. The monoisotopic (exact) mass is 295 g/mol. The third kappa shape index (κ3) is 3.86. The van der Waals surface area contributed by atoms with Gasteiger partial charge in [0.15, 0.2) is 11.5 Å². The molecule has 1 heterocycles. The molecule has 1 aliphatic heterocycles. The first-order valence-electron chi connectivity index (χ1n) is 6.95. The zero-order valence-corrected chi connectivity index (χ0v) is 12.3. The lowest BCUT2D eigenvalue weighted by atomic mass is 10.1. The van der Waals surface area contributed by atoms with Gasteiger partial charge in [-0.15, -0.1) is 0 Å². The molecule has 6 heteroatoms. The van der Waals surface area contributed by atoms with E-state index in [0.717, 1.165) is 19.4 Å². The Bertz CT molecular complexity index is 485. The molecule has 1 fully saturated rings. The van der Waals surface area contributed by atoms with Crippen molar-refractivity contribution in [3.05, 3.63) is 23.8 Å². The molecule has 0 radical (unpaired) electrons. The van der Waals surface area contributed by atoms with Crippen LogP contribution in [-0.4, -0.2) is 44.6 Å². The maximum absolute atomic E-state index is 11.5. The Kier molecular flexibility index (Phi) is 5.41. The molecule has 2 N–H and O–H groups in total. The van der Waals surface area contributed by atoms with Crippen LogP contribution in [0.15, 0.2) is 18.2 Å². The van der Waals surface area contributed by atoms with Gasteiger partial charge in [-0.2, -0.15) is 0 Å². The fraction of sp³-hybridized carbons (Fsp3) is 0.533. The minimum absolute atomic E-state index is 0.0898. The second kappa shape index (κ2) is 7.28. The van der Waals surface area contributed by atoms with Gasteiger partial charge in [0.05, 0.1) is 20.3 Å². The molecule has 2 rings (SSSR count). The zero-order chi connectivity index (χ0) is 15.2. The van der Waals surface area contributed by atoms with E-state index in [1.54, 1.807) is 25.3 Å². The normalized spacial score (nSPS) is 19.2. The van der Waals surface area contributed by atoms with Crippen molar-refractivity contribution in [2.75, 3.05) is 27.4 Å². The molecule has 1 aromatic rings.